The van der Waals surface area contributed by atoms with E-state index in [1.807, 2.05) is 46.1 Å². The fourth-order valence-corrected chi connectivity index (χ4v) is 4.86. The first-order valence-corrected chi connectivity index (χ1v) is 12.0. The number of piperazine rings is 1. The Morgan fingerprint density at radius 3 is 2.50 bits per heavy atom. The van der Waals surface area contributed by atoms with Crippen LogP contribution in [0, 0.1) is 13.8 Å². The van der Waals surface area contributed by atoms with Gasteiger partial charge in [-0.3, -0.25) is 14.4 Å². The molecule has 6 heteroatoms. The van der Waals surface area contributed by atoms with Gasteiger partial charge in [0, 0.05) is 55.9 Å². The molecule has 1 amide bonds. The van der Waals surface area contributed by atoms with Gasteiger partial charge >= 0.3 is 0 Å². The van der Waals surface area contributed by atoms with Crippen molar-refractivity contribution in [2.45, 2.75) is 33.9 Å². The molecule has 1 saturated heterocycles. The highest BCUT2D eigenvalue weighted by Gasteiger charge is 2.25. The zero-order valence-electron chi connectivity index (χ0n) is 20.2. The van der Waals surface area contributed by atoms with Gasteiger partial charge in [-0.15, -0.1) is 0 Å². The Labute approximate surface area is 200 Å². The lowest BCUT2D eigenvalue weighted by Gasteiger charge is -2.35. The lowest BCUT2D eigenvalue weighted by atomic mass is 10.0. The van der Waals surface area contributed by atoms with Crippen LogP contribution in [0.1, 0.15) is 34.1 Å². The van der Waals surface area contributed by atoms with Crippen LogP contribution in [0.2, 0.25) is 0 Å². The highest BCUT2D eigenvalue weighted by molar-refractivity contribution is 6.07. The molecule has 0 atom stereocenters. The molecule has 0 saturated carbocycles. The number of benzene rings is 2. The highest BCUT2D eigenvalue weighted by atomic mass is 16.2. The molecule has 4 aromatic rings. The van der Waals surface area contributed by atoms with Crippen molar-refractivity contribution in [2.24, 2.45) is 0 Å². The minimum atomic E-state index is 0.0793. The number of nitrogens with zero attached hydrogens (tertiary/aromatic N) is 5. The lowest BCUT2D eigenvalue weighted by molar-refractivity contribution is 0.0630. The number of carbonyl (C=O) groups is 1. The van der Waals surface area contributed by atoms with Crippen LogP contribution in [-0.2, 0) is 13.1 Å². The number of hydrogen-bond acceptors (Lipinski definition) is 4. The predicted octanol–water partition coefficient (Wildman–Crippen LogP) is 4.69. The first-order chi connectivity index (χ1) is 16.5. The summed E-state index contributed by atoms with van der Waals surface area (Å²) in [5.41, 5.74) is 7.01. The third-order valence-corrected chi connectivity index (χ3v) is 6.77. The van der Waals surface area contributed by atoms with Crippen molar-refractivity contribution in [2.75, 3.05) is 26.2 Å². The number of fused-ring (bicyclic) bond motifs is 1. The molecule has 3 heterocycles. The Morgan fingerprint density at radius 2 is 1.76 bits per heavy atom. The molecule has 0 bridgehead atoms. The van der Waals surface area contributed by atoms with Crippen LogP contribution in [-0.4, -0.2) is 56.7 Å². The normalized spacial score (nSPS) is 14.6. The van der Waals surface area contributed by atoms with Crippen molar-refractivity contribution in [3.63, 3.8) is 0 Å². The molecule has 0 spiro atoms. The van der Waals surface area contributed by atoms with E-state index in [-0.39, 0.29) is 5.91 Å². The number of pyridine rings is 1. The van der Waals surface area contributed by atoms with Gasteiger partial charge < -0.3 is 4.90 Å². The number of aromatic nitrogens is 3. The van der Waals surface area contributed by atoms with E-state index >= 15 is 0 Å². The van der Waals surface area contributed by atoms with Crippen molar-refractivity contribution in [1.29, 1.82) is 0 Å². The van der Waals surface area contributed by atoms with Crippen LogP contribution < -0.4 is 0 Å². The van der Waals surface area contributed by atoms with E-state index in [9.17, 15) is 4.79 Å². The molecular weight excluding hydrogens is 422 g/mol. The molecule has 1 aliphatic heterocycles. The van der Waals surface area contributed by atoms with Crippen LogP contribution in [0.5, 0.6) is 0 Å². The summed E-state index contributed by atoms with van der Waals surface area (Å²) in [6, 6.07) is 18.5. The molecule has 0 radical (unpaired) electrons. The molecule has 6 nitrogen and oxygen atoms in total. The average Bonchev–Trinajstić information content (AvgIpc) is 3.23. The molecule has 1 fully saturated rings. The third kappa shape index (κ3) is 4.33. The Balaban J connectivity index is 1.39. The van der Waals surface area contributed by atoms with Gasteiger partial charge in [0.25, 0.3) is 5.91 Å². The second-order valence-corrected chi connectivity index (χ2v) is 9.09. The monoisotopic (exact) mass is 453 g/mol. The van der Waals surface area contributed by atoms with Gasteiger partial charge in [-0.1, -0.05) is 48.0 Å². The van der Waals surface area contributed by atoms with Crippen molar-refractivity contribution < 1.29 is 4.79 Å². The molecule has 2 aromatic carbocycles. The summed E-state index contributed by atoms with van der Waals surface area (Å²) < 4.78 is 1.96. The maximum Gasteiger partial charge on any atom is 0.254 e. The summed E-state index contributed by atoms with van der Waals surface area (Å²) in [5, 5.41) is 5.38. The topological polar surface area (TPSA) is 54.3 Å². The standard InChI is InChI=1S/C28H31N5O/c1-4-33-21(3)25(18-29-33)27-17-24(23-10-5-6-11-26(23)30-27)28(34)32-14-12-31(13-15-32)19-22-9-7-8-20(2)16-22/h5-11,16-18H,4,12-15,19H2,1-3H3. The third-order valence-electron chi connectivity index (χ3n) is 6.77. The second kappa shape index (κ2) is 9.39. The first-order valence-electron chi connectivity index (χ1n) is 12.0. The van der Waals surface area contributed by atoms with Crippen LogP contribution in [0.3, 0.4) is 0 Å². The molecule has 0 N–H and O–H groups in total. The van der Waals surface area contributed by atoms with Gasteiger partial charge in [0.05, 0.1) is 23.0 Å². The van der Waals surface area contributed by atoms with Gasteiger partial charge in [0.1, 0.15) is 0 Å². The second-order valence-electron chi connectivity index (χ2n) is 9.09. The van der Waals surface area contributed by atoms with Gasteiger partial charge in [-0.25, -0.2) is 4.98 Å². The van der Waals surface area contributed by atoms with E-state index in [2.05, 4.69) is 55.0 Å². The van der Waals surface area contributed by atoms with Crippen molar-refractivity contribution in [3.05, 3.63) is 83.2 Å². The maximum atomic E-state index is 13.7. The van der Waals surface area contributed by atoms with Gasteiger partial charge in [0.2, 0.25) is 0 Å². The molecule has 174 valence electrons. The Kier molecular flexibility index (Phi) is 6.16. The summed E-state index contributed by atoms with van der Waals surface area (Å²) in [7, 11) is 0. The van der Waals surface area contributed by atoms with Crippen LogP contribution in [0.4, 0.5) is 0 Å². The predicted molar refractivity (Wildman–Crippen MR) is 136 cm³/mol. The van der Waals surface area contributed by atoms with E-state index in [0.29, 0.717) is 0 Å². The summed E-state index contributed by atoms with van der Waals surface area (Å²) in [4.78, 5) is 23.0. The zero-order chi connectivity index (χ0) is 23.7. The average molecular weight is 454 g/mol. The number of carbonyl (C=O) groups excluding carboxylic acids is 1. The Hall–Kier alpha value is -3.51. The molecule has 0 unspecified atom stereocenters. The van der Waals surface area contributed by atoms with Gasteiger partial charge in [0.15, 0.2) is 0 Å². The van der Waals surface area contributed by atoms with E-state index in [1.165, 1.54) is 11.1 Å². The fraction of sp³-hybridized carbons (Fsp3) is 0.321. The number of para-hydroxylation sites is 1. The van der Waals surface area contributed by atoms with Crippen LogP contribution >= 0.6 is 0 Å². The Bertz CT molecular complexity index is 1330. The van der Waals surface area contributed by atoms with E-state index in [4.69, 9.17) is 4.98 Å². The highest BCUT2D eigenvalue weighted by Crippen LogP contribution is 2.28. The fourth-order valence-electron chi connectivity index (χ4n) is 4.86. The number of aryl methyl sites for hydroxylation is 2. The summed E-state index contributed by atoms with van der Waals surface area (Å²) >= 11 is 0. The van der Waals surface area contributed by atoms with Crippen LogP contribution in [0.25, 0.3) is 22.2 Å². The van der Waals surface area contributed by atoms with Gasteiger partial charge in [-0.2, -0.15) is 5.10 Å². The van der Waals surface area contributed by atoms with Crippen molar-refractivity contribution >= 4 is 16.8 Å². The molecule has 34 heavy (non-hydrogen) atoms. The van der Waals surface area contributed by atoms with Crippen LogP contribution in [0.15, 0.2) is 60.8 Å². The lowest BCUT2D eigenvalue weighted by Crippen LogP contribution is -2.48. The SMILES string of the molecule is CCn1ncc(-c2cc(C(=O)N3CCN(Cc4cccc(C)c4)CC3)c3ccccc3n2)c1C. The Morgan fingerprint density at radius 1 is 0.971 bits per heavy atom. The quantitative estimate of drug-likeness (QED) is 0.440. The molecular formula is C28H31N5O. The van der Waals surface area contributed by atoms with Crippen molar-refractivity contribution in [3.8, 4) is 11.3 Å². The number of hydrogen-bond donors (Lipinski definition) is 0. The van der Waals surface area contributed by atoms with Crippen molar-refractivity contribution in [1.82, 2.24) is 24.6 Å². The molecule has 2 aromatic heterocycles. The van der Waals surface area contributed by atoms with Gasteiger partial charge in [-0.05, 0) is 38.5 Å². The first kappa shape index (κ1) is 22.3. The van der Waals surface area contributed by atoms with E-state index < -0.39 is 0 Å². The molecule has 0 aliphatic carbocycles. The van der Waals surface area contributed by atoms with E-state index in [0.717, 1.165) is 72.7 Å². The molecule has 5 rings (SSSR count). The number of amides is 1. The zero-order valence-corrected chi connectivity index (χ0v) is 20.2. The molecule has 1 aliphatic rings. The smallest absolute Gasteiger partial charge is 0.254 e. The largest absolute Gasteiger partial charge is 0.336 e. The minimum Gasteiger partial charge on any atom is -0.336 e. The van der Waals surface area contributed by atoms with E-state index in [1.54, 1.807) is 0 Å². The summed E-state index contributed by atoms with van der Waals surface area (Å²) in [6.07, 6.45) is 1.86. The summed E-state index contributed by atoms with van der Waals surface area (Å²) in [5.74, 6) is 0.0793. The minimum absolute atomic E-state index is 0.0793. The summed E-state index contributed by atoms with van der Waals surface area (Å²) in [6.45, 7) is 11.2. The number of rotatable bonds is 5. The maximum absolute atomic E-state index is 13.7.